The van der Waals surface area contributed by atoms with Crippen LogP contribution >= 0.6 is 0 Å². The fraction of sp³-hybridized carbons (Fsp3) is 0.565. The van der Waals surface area contributed by atoms with Crippen LogP contribution in [0.1, 0.15) is 61.3 Å². The minimum Gasteiger partial charge on any atom is -0.493 e. The van der Waals surface area contributed by atoms with E-state index in [-0.39, 0.29) is 0 Å². The average Bonchev–Trinajstić information content (AvgIpc) is 2.73. The molecule has 0 bridgehead atoms. The molecule has 2 aliphatic rings. The van der Waals surface area contributed by atoms with Gasteiger partial charge in [0.15, 0.2) is 0 Å². The molecule has 0 aliphatic carbocycles. The van der Waals surface area contributed by atoms with Gasteiger partial charge in [0.05, 0.1) is 12.6 Å². The van der Waals surface area contributed by atoms with Crippen molar-refractivity contribution in [2.45, 2.75) is 58.2 Å². The normalized spacial score (nSPS) is 20.7. The highest BCUT2D eigenvalue weighted by Crippen LogP contribution is 2.32. The summed E-state index contributed by atoms with van der Waals surface area (Å²) >= 11 is 0. The number of nitrogens with zero attached hydrogens (tertiary/aromatic N) is 4. The molecule has 0 saturated carbocycles. The largest absolute Gasteiger partial charge is 0.493 e. The summed E-state index contributed by atoms with van der Waals surface area (Å²) in [4.78, 5) is 14.7. The highest BCUT2D eigenvalue weighted by Gasteiger charge is 2.28. The molecule has 4 rings (SSSR count). The highest BCUT2D eigenvalue weighted by atomic mass is 16.5. The van der Waals surface area contributed by atoms with Gasteiger partial charge in [-0.25, -0.2) is 9.97 Å². The SMILES string of the molecule is CCCOc1ccccc1CN1CCCCC1c1ncc2c(n1)CCN(C)C2. The van der Waals surface area contributed by atoms with Gasteiger partial charge in [0.1, 0.15) is 11.6 Å². The lowest BCUT2D eigenvalue weighted by Gasteiger charge is -2.35. The smallest absolute Gasteiger partial charge is 0.145 e. The molecule has 1 saturated heterocycles. The summed E-state index contributed by atoms with van der Waals surface area (Å²) in [7, 11) is 2.16. The van der Waals surface area contributed by atoms with Crippen LogP contribution in [0.2, 0.25) is 0 Å². The van der Waals surface area contributed by atoms with Gasteiger partial charge in [-0.15, -0.1) is 0 Å². The number of fused-ring (bicyclic) bond motifs is 1. The Bertz CT molecular complexity index is 794. The molecule has 5 nitrogen and oxygen atoms in total. The first-order valence-electron chi connectivity index (χ1n) is 10.7. The van der Waals surface area contributed by atoms with Crippen LogP contribution in [0.15, 0.2) is 30.5 Å². The molecule has 28 heavy (non-hydrogen) atoms. The van der Waals surface area contributed by atoms with Crippen molar-refractivity contribution in [3.05, 3.63) is 53.1 Å². The number of likely N-dealkylation sites (tertiary alicyclic amines) is 1. The first-order valence-corrected chi connectivity index (χ1v) is 10.7. The van der Waals surface area contributed by atoms with Crippen LogP contribution in [0.4, 0.5) is 0 Å². The van der Waals surface area contributed by atoms with Gasteiger partial charge in [0.2, 0.25) is 0 Å². The van der Waals surface area contributed by atoms with Crippen LogP contribution in [-0.2, 0) is 19.5 Å². The number of aromatic nitrogens is 2. The van der Waals surface area contributed by atoms with E-state index < -0.39 is 0 Å². The Morgan fingerprint density at radius 1 is 1.18 bits per heavy atom. The second kappa shape index (κ2) is 9.01. The quantitative estimate of drug-likeness (QED) is 0.758. The third-order valence-electron chi connectivity index (χ3n) is 5.86. The fourth-order valence-electron chi connectivity index (χ4n) is 4.31. The predicted octanol–water partition coefficient (Wildman–Crippen LogP) is 3.98. The second-order valence-corrected chi connectivity index (χ2v) is 8.13. The fourth-order valence-corrected chi connectivity index (χ4v) is 4.31. The van der Waals surface area contributed by atoms with Crippen molar-refractivity contribution in [1.82, 2.24) is 19.8 Å². The Morgan fingerprint density at radius 3 is 2.96 bits per heavy atom. The van der Waals surface area contributed by atoms with E-state index in [1.54, 1.807) is 0 Å². The molecular weight excluding hydrogens is 348 g/mol. The van der Waals surface area contributed by atoms with Crippen LogP contribution < -0.4 is 4.74 Å². The predicted molar refractivity (Wildman–Crippen MR) is 111 cm³/mol. The molecule has 3 heterocycles. The number of hydrogen-bond donors (Lipinski definition) is 0. The van der Waals surface area contributed by atoms with Crippen LogP contribution in [-0.4, -0.2) is 46.5 Å². The van der Waals surface area contributed by atoms with E-state index in [4.69, 9.17) is 14.7 Å². The Balaban J connectivity index is 1.54. The summed E-state index contributed by atoms with van der Waals surface area (Å²) in [6.07, 6.45) is 7.75. The molecule has 1 aromatic carbocycles. The zero-order chi connectivity index (χ0) is 19.3. The van der Waals surface area contributed by atoms with Crippen molar-refractivity contribution in [1.29, 1.82) is 0 Å². The second-order valence-electron chi connectivity index (χ2n) is 8.13. The van der Waals surface area contributed by atoms with E-state index in [0.717, 1.165) is 63.6 Å². The average molecular weight is 381 g/mol. The molecule has 0 amide bonds. The molecule has 0 N–H and O–H groups in total. The van der Waals surface area contributed by atoms with E-state index >= 15 is 0 Å². The monoisotopic (exact) mass is 380 g/mol. The Hall–Kier alpha value is -1.98. The summed E-state index contributed by atoms with van der Waals surface area (Å²) in [6.45, 7) is 6.95. The van der Waals surface area contributed by atoms with Gasteiger partial charge in [0.25, 0.3) is 0 Å². The third-order valence-corrected chi connectivity index (χ3v) is 5.86. The summed E-state index contributed by atoms with van der Waals surface area (Å²) in [5.41, 5.74) is 3.81. The lowest BCUT2D eigenvalue weighted by atomic mass is 9.99. The molecule has 5 heteroatoms. The highest BCUT2D eigenvalue weighted by molar-refractivity contribution is 5.33. The number of para-hydroxylation sites is 1. The van der Waals surface area contributed by atoms with Gasteiger partial charge < -0.3 is 9.64 Å². The number of ether oxygens (including phenoxy) is 1. The lowest BCUT2D eigenvalue weighted by Crippen LogP contribution is -2.35. The summed E-state index contributed by atoms with van der Waals surface area (Å²) in [5, 5.41) is 0. The zero-order valence-electron chi connectivity index (χ0n) is 17.2. The van der Waals surface area contributed by atoms with Gasteiger partial charge in [-0.1, -0.05) is 31.5 Å². The summed E-state index contributed by atoms with van der Waals surface area (Å²) in [6, 6.07) is 8.76. The van der Waals surface area contributed by atoms with Gasteiger partial charge in [-0.05, 0) is 38.9 Å². The standard InChI is InChI=1S/C23H32N4O/c1-3-14-28-22-10-5-4-8-18(22)17-27-12-7-6-9-21(27)23-24-15-19-16-26(2)13-11-20(19)25-23/h4-5,8,10,15,21H,3,6-7,9,11-14,16-17H2,1-2H3. The molecule has 2 aromatic rings. The molecule has 1 atom stereocenters. The van der Waals surface area contributed by atoms with Gasteiger partial charge >= 0.3 is 0 Å². The number of rotatable bonds is 6. The van der Waals surface area contributed by atoms with Crippen LogP contribution in [0.25, 0.3) is 0 Å². The molecule has 0 spiro atoms. The first-order chi connectivity index (χ1) is 13.7. The number of benzene rings is 1. The number of likely N-dealkylation sites (N-methyl/N-ethyl adjacent to an activating group) is 1. The van der Waals surface area contributed by atoms with Crippen molar-refractivity contribution in [3.63, 3.8) is 0 Å². The molecular formula is C23H32N4O. The molecule has 0 radical (unpaired) electrons. The maximum atomic E-state index is 5.99. The maximum Gasteiger partial charge on any atom is 0.145 e. The van der Waals surface area contributed by atoms with E-state index in [2.05, 4.69) is 54.2 Å². The molecule has 150 valence electrons. The minimum absolute atomic E-state index is 0.304. The van der Waals surface area contributed by atoms with E-state index in [1.807, 2.05) is 0 Å². The van der Waals surface area contributed by atoms with Gasteiger partial charge in [0, 0.05) is 49.1 Å². The zero-order valence-corrected chi connectivity index (χ0v) is 17.2. The molecule has 2 aliphatic heterocycles. The van der Waals surface area contributed by atoms with Crippen molar-refractivity contribution in [2.24, 2.45) is 0 Å². The van der Waals surface area contributed by atoms with Gasteiger partial charge in [-0.2, -0.15) is 0 Å². The van der Waals surface area contributed by atoms with Crippen molar-refractivity contribution in [2.75, 3.05) is 26.7 Å². The Kier molecular flexibility index (Phi) is 6.23. The Labute approximate surface area is 168 Å². The van der Waals surface area contributed by atoms with Crippen LogP contribution in [0, 0.1) is 0 Å². The maximum absolute atomic E-state index is 5.99. The van der Waals surface area contributed by atoms with E-state index in [1.165, 1.54) is 29.7 Å². The van der Waals surface area contributed by atoms with E-state index in [0.29, 0.717) is 6.04 Å². The summed E-state index contributed by atoms with van der Waals surface area (Å²) in [5.74, 6) is 2.03. The molecule has 1 fully saturated rings. The van der Waals surface area contributed by atoms with Crippen molar-refractivity contribution < 1.29 is 4.74 Å². The van der Waals surface area contributed by atoms with Crippen LogP contribution in [0.5, 0.6) is 5.75 Å². The number of hydrogen-bond acceptors (Lipinski definition) is 5. The third kappa shape index (κ3) is 4.36. The molecule has 1 unspecified atom stereocenters. The van der Waals surface area contributed by atoms with Crippen molar-refractivity contribution >= 4 is 0 Å². The van der Waals surface area contributed by atoms with Crippen LogP contribution in [0.3, 0.4) is 0 Å². The summed E-state index contributed by atoms with van der Waals surface area (Å²) < 4.78 is 5.99. The lowest BCUT2D eigenvalue weighted by molar-refractivity contribution is 0.131. The van der Waals surface area contributed by atoms with Gasteiger partial charge in [-0.3, -0.25) is 4.90 Å². The first kappa shape index (κ1) is 19.3. The molecule has 1 aromatic heterocycles. The topological polar surface area (TPSA) is 41.5 Å². The Morgan fingerprint density at radius 2 is 2.07 bits per heavy atom. The number of piperidine rings is 1. The van der Waals surface area contributed by atoms with E-state index in [9.17, 15) is 0 Å². The minimum atomic E-state index is 0.304. The van der Waals surface area contributed by atoms with Crippen molar-refractivity contribution in [3.8, 4) is 5.75 Å².